The number of anilines is 1. The van der Waals surface area contributed by atoms with Crippen molar-refractivity contribution < 1.29 is 45.5 Å². The number of carbonyl (C=O) groups excluding carboxylic acids is 4. The van der Waals surface area contributed by atoms with Crippen LogP contribution in [0.15, 0.2) is 47.3 Å². The SMILES string of the molecule is CN1C=C(C(F)(F)F)C(NC(=O)C(=O)N[C@@H](CC2CC2)C(=O)N2C[C@]3(CC2C#N)C(=O)Nc2ccccc23)=C(C(F)(F)F)C1. The average Bonchev–Trinajstić information content (AvgIpc) is 3.61. The van der Waals surface area contributed by atoms with Gasteiger partial charge in [0.2, 0.25) is 11.8 Å². The Morgan fingerprint density at radius 3 is 2.41 bits per heavy atom. The number of hydrogen-bond acceptors (Lipinski definition) is 6. The number of amides is 4. The van der Waals surface area contributed by atoms with Crippen LogP contribution in [-0.2, 0) is 24.6 Å². The van der Waals surface area contributed by atoms with Crippen molar-refractivity contribution in [3.05, 3.63) is 52.9 Å². The van der Waals surface area contributed by atoms with Gasteiger partial charge in [0.15, 0.2) is 0 Å². The number of alkyl halides is 6. The van der Waals surface area contributed by atoms with Crippen LogP contribution in [0.3, 0.4) is 0 Å². The molecule has 1 aliphatic carbocycles. The van der Waals surface area contributed by atoms with Crippen molar-refractivity contribution in [3.8, 4) is 6.07 Å². The summed E-state index contributed by atoms with van der Waals surface area (Å²) in [5.41, 5.74) is -5.26. The quantitative estimate of drug-likeness (QED) is 0.341. The lowest BCUT2D eigenvalue weighted by Crippen LogP contribution is -2.54. The number of nitrogens with one attached hydrogen (secondary N) is 3. The number of nitrogens with zero attached hydrogens (tertiary/aromatic N) is 3. The first kappa shape index (κ1) is 30.9. The summed E-state index contributed by atoms with van der Waals surface area (Å²) in [6, 6.07) is 6.24. The number of hydrogen-bond donors (Lipinski definition) is 3. The Labute approximate surface area is 246 Å². The van der Waals surface area contributed by atoms with Gasteiger partial charge < -0.3 is 25.8 Å². The van der Waals surface area contributed by atoms with E-state index >= 15 is 0 Å². The van der Waals surface area contributed by atoms with E-state index in [2.05, 4.69) is 10.6 Å². The topological polar surface area (TPSA) is 135 Å². The summed E-state index contributed by atoms with van der Waals surface area (Å²) in [6.45, 7) is -1.24. The van der Waals surface area contributed by atoms with Crippen LogP contribution in [0.5, 0.6) is 0 Å². The Balaban J connectivity index is 1.38. The van der Waals surface area contributed by atoms with Gasteiger partial charge in [0.1, 0.15) is 12.1 Å². The number of nitriles is 1. The van der Waals surface area contributed by atoms with Gasteiger partial charge in [0.05, 0.1) is 28.3 Å². The van der Waals surface area contributed by atoms with Crippen molar-refractivity contribution >= 4 is 29.3 Å². The van der Waals surface area contributed by atoms with Crippen molar-refractivity contribution in [2.45, 2.75) is 55.5 Å². The number of carbonyl (C=O) groups is 4. The van der Waals surface area contributed by atoms with Crippen LogP contribution >= 0.6 is 0 Å². The second kappa shape index (κ2) is 10.9. The maximum Gasteiger partial charge on any atom is 0.419 e. The van der Waals surface area contributed by atoms with Crippen LogP contribution in [0.25, 0.3) is 0 Å². The van der Waals surface area contributed by atoms with Crippen LogP contribution in [-0.4, -0.2) is 78.0 Å². The molecule has 0 bridgehead atoms. The van der Waals surface area contributed by atoms with Gasteiger partial charge in [-0.05, 0) is 24.0 Å². The fourth-order valence-electron chi connectivity index (χ4n) is 5.90. The molecule has 16 heteroatoms. The van der Waals surface area contributed by atoms with Gasteiger partial charge in [0.25, 0.3) is 0 Å². The molecule has 4 aliphatic rings. The number of halogens is 6. The standard InChI is InChI=1S/C28H26F6N6O4/c1-39-11-17(27(29,30)31)21(18(12-39)28(32,33)34)38-23(42)22(41)36-20(8-14-6-7-14)24(43)40-13-26(9-15(40)10-35)16-4-2-3-5-19(16)37-25(26)44/h2-5,11,14-15,20H,6-9,12-13H2,1H3,(H,36,41)(H,37,44)(H,38,42)/t15?,20-,26-/m0/s1. The predicted octanol–water partition coefficient (Wildman–Crippen LogP) is 2.61. The summed E-state index contributed by atoms with van der Waals surface area (Å²) in [4.78, 5) is 54.3. The molecule has 5 rings (SSSR count). The van der Waals surface area contributed by atoms with Crippen molar-refractivity contribution in [1.29, 1.82) is 5.26 Å². The number of benzene rings is 1. The summed E-state index contributed by atoms with van der Waals surface area (Å²) < 4.78 is 82.1. The molecular formula is C28H26F6N6O4. The molecule has 4 amide bonds. The number of likely N-dealkylation sites (N-methyl/N-ethyl adjacent to an activating group) is 1. The monoisotopic (exact) mass is 624 g/mol. The van der Waals surface area contributed by atoms with Crippen molar-refractivity contribution in [2.24, 2.45) is 5.92 Å². The van der Waals surface area contributed by atoms with Crippen LogP contribution < -0.4 is 16.0 Å². The molecule has 1 aromatic rings. The van der Waals surface area contributed by atoms with Gasteiger partial charge in [-0.3, -0.25) is 19.2 Å². The predicted molar refractivity (Wildman–Crippen MR) is 140 cm³/mol. The summed E-state index contributed by atoms with van der Waals surface area (Å²) in [5.74, 6) is -4.74. The Morgan fingerprint density at radius 2 is 1.80 bits per heavy atom. The first-order valence-electron chi connectivity index (χ1n) is 13.6. The third-order valence-corrected chi connectivity index (χ3v) is 8.21. The molecule has 0 radical (unpaired) electrons. The minimum Gasteiger partial charge on any atom is -0.375 e. The summed E-state index contributed by atoms with van der Waals surface area (Å²) >= 11 is 0. The molecule has 1 spiro atoms. The van der Waals surface area contributed by atoms with E-state index in [9.17, 15) is 50.8 Å². The minimum atomic E-state index is -5.31. The molecule has 234 valence electrons. The summed E-state index contributed by atoms with van der Waals surface area (Å²) in [6.07, 6.45) is -8.87. The summed E-state index contributed by atoms with van der Waals surface area (Å²) in [5, 5.41) is 16.2. The van der Waals surface area contributed by atoms with Crippen LogP contribution in [0.4, 0.5) is 32.0 Å². The number of allylic oxidation sites excluding steroid dienone is 1. The largest absolute Gasteiger partial charge is 0.419 e. The fraction of sp³-hybridized carbons (Fsp3) is 0.464. The highest BCUT2D eigenvalue weighted by molar-refractivity contribution is 6.36. The molecule has 3 aliphatic heterocycles. The van der Waals surface area contributed by atoms with E-state index in [1.165, 1.54) is 5.32 Å². The van der Waals surface area contributed by atoms with Gasteiger partial charge in [-0.2, -0.15) is 31.6 Å². The average molecular weight is 625 g/mol. The van der Waals surface area contributed by atoms with E-state index in [1.54, 1.807) is 24.3 Å². The first-order valence-corrected chi connectivity index (χ1v) is 13.6. The van der Waals surface area contributed by atoms with E-state index in [0.29, 0.717) is 35.2 Å². The normalized spacial score (nSPS) is 24.0. The highest BCUT2D eigenvalue weighted by atomic mass is 19.4. The fourth-order valence-corrected chi connectivity index (χ4v) is 5.90. The molecule has 3 atom stereocenters. The molecule has 3 heterocycles. The molecular weight excluding hydrogens is 598 g/mol. The Kier molecular flexibility index (Phi) is 7.63. The molecule has 1 unspecified atom stereocenters. The van der Waals surface area contributed by atoms with Gasteiger partial charge >= 0.3 is 24.2 Å². The lowest BCUT2D eigenvalue weighted by Gasteiger charge is -2.30. The first-order chi connectivity index (χ1) is 20.5. The van der Waals surface area contributed by atoms with E-state index < -0.39 is 76.9 Å². The third-order valence-electron chi connectivity index (χ3n) is 8.21. The van der Waals surface area contributed by atoms with Gasteiger partial charge in [-0.25, -0.2) is 0 Å². The highest BCUT2D eigenvalue weighted by Crippen LogP contribution is 2.47. The lowest BCUT2D eigenvalue weighted by atomic mass is 9.80. The van der Waals surface area contributed by atoms with Crippen molar-refractivity contribution in [1.82, 2.24) is 20.4 Å². The smallest absolute Gasteiger partial charge is 0.375 e. The second-order valence-corrected chi connectivity index (χ2v) is 11.4. The molecule has 1 saturated heterocycles. The maximum atomic E-state index is 13.8. The Hall–Kier alpha value is -4.55. The van der Waals surface area contributed by atoms with E-state index in [1.807, 2.05) is 6.07 Å². The lowest BCUT2D eigenvalue weighted by molar-refractivity contribution is -0.142. The summed E-state index contributed by atoms with van der Waals surface area (Å²) in [7, 11) is 0.988. The molecule has 1 aromatic carbocycles. The zero-order valence-electron chi connectivity index (χ0n) is 23.1. The van der Waals surface area contributed by atoms with E-state index in [4.69, 9.17) is 0 Å². The molecule has 0 aromatic heterocycles. The van der Waals surface area contributed by atoms with Crippen LogP contribution in [0.2, 0.25) is 0 Å². The number of likely N-dealkylation sites (tertiary alicyclic amines) is 1. The molecule has 44 heavy (non-hydrogen) atoms. The van der Waals surface area contributed by atoms with Crippen LogP contribution in [0, 0.1) is 17.2 Å². The number of fused-ring (bicyclic) bond motifs is 2. The van der Waals surface area contributed by atoms with Crippen molar-refractivity contribution in [3.63, 3.8) is 0 Å². The Bertz CT molecular complexity index is 1530. The third kappa shape index (κ3) is 5.70. The van der Waals surface area contributed by atoms with Gasteiger partial charge in [-0.15, -0.1) is 0 Å². The zero-order valence-corrected chi connectivity index (χ0v) is 23.1. The molecule has 10 nitrogen and oxygen atoms in total. The van der Waals surface area contributed by atoms with Crippen molar-refractivity contribution in [2.75, 3.05) is 25.5 Å². The van der Waals surface area contributed by atoms with Gasteiger partial charge in [0, 0.05) is 38.4 Å². The maximum absolute atomic E-state index is 13.8. The molecule has 3 N–H and O–H groups in total. The molecule has 2 fully saturated rings. The highest BCUT2D eigenvalue weighted by Gasteiger charge is 2.57. The molecule has 1 saturated carbocycles. The number of para-hydroxylation sites is 1. The zero-order chi connectivity index (χ0) is 32.2. The van der Waals surface area contributed by atoms with E-state index in [0.717, 1.165) is 11.9 Å². The van der Waals surface area contributed by atoms with Gasteiger partial charge in [-0.1, -0.05) is 31.0 Å². The minimum absolute atomic E-state index is 0.0112. The van der Waals surface area contributed by atoms with E-state index in [-0.39, 0.29) is 25.3 Å². The number of rotatable bonds is 5. The second-order valence-electron chi connectivity index (χ2n) is 11.4. The Morgan fingerprint density at radius 1 is 1.11 bits per heavy atom. The van der Waals surface area contributed by atoms with Crippen LogP contribution in [0.1, 0.15) is 31.2 Å².